The number of pyridine rings is 2. The molecule has 3 aromatic carbocycles. The number of rotatable bonds is 10. The first-order valence-electron chi connectivity index (χ1n) is 16.6. The largest absolute Gasteiger partial charge is 0.493 e. The van der Waals surface area contributed by atoms with E-state index >= 15 is 0 Å². The molecule has 0 radical (unpaired) electrons. The molecule has 11 heteroatoms. The maximum absolute atomic E-state index is 13.8. The zero-order valence-electron chi connectivity index (χ0n) is 28.9. The van der Waals surface area contributed by atoms with Crippen molar-refractivity contribution in [2.75, 3.05) is 33.0 Å². The highest BCUT2D eigenvalue weighted by Gasteiger charge is 2.29. The first-order chi connectivity index (χ1) is 24.5. The van der Waals surface area contributed by atoms with Crippen molar-refractivity contribution in [2.24, 2.45) is 0 Å². The minimum atomic E-state index is -0.630. The van der Waals surface area contributed by atoms with Crippen molar-refractivity contribution in [2.45, 2.75) is 39.0 Å². The van der Waals surface area contributed by atoms with Gasteiger partial charge < -0.3 is 29.4 Å². The highest BCUT2D eigenvalue weighted by molar-refractivity contribution is 6.01. The molecule has 1 fully saturated rings. The predicted molar refractivity (Wildman–Crippen MR) is 193 cm³/mol. The number of halogens is 1. The molecular formula is C40H39FN4O6. The van der Waals surface area contributed by atoms with E-state index in [-0.39, 0.29) is 42.1 Å². The maximum Gasteiger partial charge on any atom is 0.259 e. The number of carbonyl (C=O) groups excluding carboxylic acids is 2. The van der Waals surface area contributed by atoms with Crippen molar-refractivity contribution in [3.8, 4) is 33.8 Å². The Morgan fingerprint density at radius 1 is 0.843 bits per heavy atom. The lowest BCUT2D eigenvalue weighted by molar-refractivity contribution is -0.0586. The van der Waals surface area contributed by atoms with Gasteiger partial charge in [-0.2, -0.15) is 0 Å². The van der Waals surface area contributed by atoms with E-state index in [9.17, 15) is 18.8 Å². The molecule has 3 heterocycles. The molecule has 1 aliphatic heterocycles. The summed E-state index contributed by atoms with van der Waals surface area (Å²) < 4.78 is 31.8. The van der Waals surface area contributed by atoms with Crippen LogP contribution in [0.5, 0.6) is 11.5 Å². The van der Waals surface area contributed by atoms with Gasteiger partial charge >= 0.3 is 0 Å². The number of ketones is 1. The number of nitrogens with zero attached hydrogens (tertiary/aromatic N) is 3. The third-order valence-electron chi connectivity index (χ3n) is 8.86. The van der Waals surface area contributed by atoms with Gasteiger partial charge in [-0.15, -0.1) is 0 Å². The standard InChI is InChI=1S/C40H39FN4O6/c1-24-19-45(20-25(2)51-24)40(48)34-23-44(21-27-7-12-31(41)13-8-27)22-33(38(34)47)35(46)15-26-5-9-28(10-6-26)32-16-30(18-43-39(32)42)29-11-14-36(49-3)37(17-29)50-4/h5-14,16-18,22-25H,15,19-21H2,1-4H3,(H2,42,43)/t24-,25+. The summed E-state index contributed by atoms with van der Waals surface area (Å²) in [6.45, 7) is 4.61. The number of methoxy groups -OCH3 is 2. The van der Waals surface area contributed by atoms with Crippen LogP contribution < -0.4 is 20.6 Å². The number of aromatic nitrogens is 2. The van der Waals surface area contributed by atoms with Gasteiger partial charge in [0.2, 0.25) is 5.43 Å². The van der Waals surface area contributed by atoms with E-state index in [4.69, 9.17) is 19.9 Å². The number of nitrogen functional groups attached to an aromatic ring is 1. The Kier molecular flexibility index (Phi) is 10.3. The van der Waals surface area contributed by atoms with E-state index in [0.29, 0.717) is 41.5 Å². The van der Waals surface area contributed by atoms with Crippen molar-refractivity contribution in [1.82, 2.24) is 14.5 Å². The number of amides is 1. The number of ether oxygens (including phenoxy) is 3. The molecule has 2 N–H and O–H groups in total. The molecule has 1 aliphatic rings. The summed E-state index contributed by atoms with van der Waals surface area (Å²) in [6.07, 6.45) is 4.15. The summed E-state index contributed by atoms with van der Waals surface area (Å²) in [5.41, 5.74) is 10.1. The number of hydrogen-bond acceptors (Lipinski definition) is 8. The fraction of sp³-hybridized carbons (Fsp3) is 0.250. The minimum Gasteiger partial charge on any atom is -0.493 e. The average Bonchev–Trinajstić information content (AvgIpc) is 3.12. The number of Topliss-reactive ketones (excluding diaryl/α,β-unsaturated/α-hetero) is 1. The Morgan fingerprint density at radius 2 is 1.47 bits per heavy atom. The Bertz CT molecular complexity index is 2120. The van der Waals surface area contributed by atoms with Gasteiger partial charge in [0, 0.05) is 55.8 Å². The molecule has 1 amide bonds. The Balaban J connectivity index is 1.28. The van der Waals surface area contributed by atoms with Crippen molar-refractivity contribution in [3.63, 3.8) is 0 Å². The first kappa shape index (κ1) is 35.0. The number of benzene rings is 3. The van der Waals surface area contributed by atoms with Crippen LogP contribution in [0.4, 0.5) is 10.2 Å². The van der Waals surface area contributed by atoms with Crippen LogP contribution in [0.25, 0.3) is 22.3 Å². The lowest BCUT2D eigenvalue weighted by atomic mass is 9.97. The van der Waals surface area contributed by atoms with Gasteiger partial charge in [-0.3, -0.25) is 14.4 Å². The van der Waals surface area contributed by atoms with Gasteiger partial charge in [-0.1, -0.05) is 42.5 Å². The normalized spacial score (nSPS) is 15.7. The van der Waals surface area contributed by atoms with Gasteiger partial charge in [-0.25, -0.2) is 9.37 Å². The lowest BCUT2D eigenvalue weighted by Crippen LogP contribution is -2.49. The smallest absolute Gasteiger partial charge is 0.259 e. The van der Waals surface area contributed by atoms with Crippen molar-refractivity contribution in [3.05, 3.63) is 130 Å². The highest BCUT2D eigenvalue weighted by Crippen LogP contribution is 2.35. The topological polar surface area (TPSA) is 126 Å². The number of morpholine rings is 1. The summed E-state index contributed by atoms with van der Waals surface area (Å²) in [7, 11) is 3.15. The quantitative estimate of drug-likeness (QED) is 0.176. The minimum absolute atomic E-state index is 0.0747. The summed E-state index contributed by atoms with van der Waals surface area (Å²) in [5.74, 6) is 0.268. The third-order valence-corrected chi connectivity index (χ3v) is 8.86. The number of hydrogen-bond donors (Lipinski definition) is 1. The van der Waals surface area contributed by atoms with Crippen LogP contribution in [0, 0.1) is 5.82 Å². The predicted octanol–water partition coefficient (Wildman–Crippen LogP) is 6.04. The molecule has 2 atom stereocenters. The SMILES string of the molecule is COc1ccc(-c2cnc(N)c(-c3ccc(CC(=O)c4cn(Cc5ccc(F)cc5)cc(C(=O)N5C[C@@H](C)O[C@@H](C)C5)c4=O)cc3)c2)cc1OC. The number of anilines is 1. The lowest BCUT2D eigenvalue weighted by Gasteiger charge is -2.35. The second kappa shape index (κ2) is 15.0. The molecule has 51 heavy (non-hydrogen) atoms. The van der Waals surface area contributed by atoms with Crippen LogP contribution in [0.15, 0.2) is 96.2 Å². The molecule has 6 rings (SSSR count). The van der Waals surface area contributed by atoms with Gasteiger partial charge in [0.1, 0.15) is 17.2 Å². The van der Waals surface area contributed by atoms with Crippen LogP contribution in [-0.4, -0.2) is 65.7 Å². The van der Waals surface area contributed by atoms with Crippen molar-refractivity contribution in [1.29, 1.82) is 0 Å². The van der Waals surface area contributed by atoms with Crippen LogP contribution in [0.3, 0.4) is 0 Å². The molecule has 0 unspecified atom stereocenters. The van der Waals surface area contributed by atoms with E-state index in [0.717, 1.165) is 22.3 Å². The molecule has 5 aromatic rings. The van der Waals surface area contributed by atoms with E-state index in [1.165, 1.54) is 24.5 Å². The fourth-order valence-corrected chi connectivity index (χ4v) is 6.35. The molecule has 0 saturated carbocycles. The molecule has 0 spiro atoms. The summed E-state index contributed by atoms with van der Waals surface area (Å²) in [6, 6.07) is 20.8. The van der Waals surface area contributed by atoms with E-state index in [1.54, 1.807) is 54.1 Å². The highest BCUT2D eigenvalue weighted by atomic mass is 19.1. The Hall–Kier alpha value is -5.81. The second-order valence-electron chi connectivity index (χ2n) is 12.7. The summed E-state index contributed by atoms with van der Waals surface area (Å²) >= 11 is 0. The zero-order chi connectivity index (χ0) is 36.2. The molecule has 0 bridgehead atoms. The second-order valence-corrected chi connectivity index (χ2v) is 12.7. The Labute approximate surface area is 295 Å². The van der Waals surface area contributed by atoms with E-state index in [2.05, 4.69) is 4.98 Å². The number of carbonyl (C=O) groups is 2. The third kappa shape index (κ3) is 7.84. The van der Waals surface area contributed by atoms with Gasteiger partial charge in [-0.05, 0) is 66.4 Å². The van der Waals surface area contributed by atoms with Gasteiger partial charge in [0.15, 0.2) is 17.3 Å². The van der Waals surface area contributed by atoms with Crippen molar-refractivity contribution < 1.29 is 28.2 Å². The van der Waals surface area contributed by atoms with Gasteiger partial charge in [0.05, 0.1) is 32.0 Å². The average molecular weight is 691 g/mol. The zero-order valence-corrected chi connectivity index (χ0v) is 28.9. The van der Waals surface area contributed by atoms with Crippen LogP contribution in [0.1, 0.15) is 45.7 Å². The molecule has 2 aromatic heterocycles. The van der Waals surface area contributed by atoms with Gasteiger partial charge in [0.25, 0.3) is 5.91 Å². The first-order valence-corrected chi connectivity index (χ1v) is 16.6. The monoisotopic (exact) mass is 690 g/mol. The number of nitrogens with two attached hydrogens (primary N) is 1. The van der Waals surface area contributed by atoms with Crippen molar-refractivity contribution >= 4 is 17.5 Å². The fourth-order valence-electron chi connectivity index (χ4n) is 6.35. The van der Waals surface area contributed by atoms with E-state index in [1.807, 2.05) is 50.2 Å². The maximum atomic E-state index is 13.8. The van der Waals surface area contributed by atoms with Crippen LogP contribution >= 0.6 is 0 Å². The van der Waals surface area contributed by atoms with Crippen LogP contribution in [-0.2, 0) is 17.7 Å². The molecule has 1 saturated heterocycles. The Morgan fingerprint density at radius 3 is 2.14 bits per heavy atom. The van der Waals surface area contributed by atoms with Crippen LogP contribution in [0.2, 0.25) is 0 Å². The molecule has 0 aliphatic carbocycles. The molecule has 262 valence electrons. The summed E-state index contributed by atoms with van der Waals surface area (Å²) in [4.78, 5) is 47.3. The summed E-state index contributed by atoms with van der Waals surface area (Å²) in [5, 5.41) is 0. The van der Waals surface area contributed by atoms with E-state index < -0.39 is 17.1 Å². The molecular weight excluding hydrogens is 651 g/mol. The molecule has 10 nitrogen and oxygen atoms in total.